The highest BCUT2D eigenvalue weighted by molar-refractivity contribution is 7.18. The zero-order valence-corrected chi connectivity index (χ0v) is 12.7. The zero-order chi connectivity index (χ0) is 16.4. The molecule has 23 heavy (non-hydrogen) atoms. The van der Waals surface area contributed by atoms with Crippen molar-refractivity contribution in [3.05, 3.63) is 51.9 Å². The Hall–Kier alpha value is -3.34. The molecule has 1 aliphatic rings. The van der Waals surface area contributed by atoms with Crippen LogP contribution in [0.3, 0.4) is 0 Å². The fourth-order valence-electron chi connectivity index (χ4n) is 2.37. The molecule has 1 aromatic heterocycles. The van der Waals surface area contributed by atoms with Crippen molar-refractivity contribution in [2.45, 2.75) is 12.3 Å². The number of nitrogens with zero attached hydrogens (tertiary/aromatic N) is 4. The molecule has 6 nitrogen and oxygen atoms in total. The first-order valence-corrected chi connectivity index (χ1v) is 7.53. The van der Waals surface area contributed by atoms with Gasteiger partial charge in [-0.25, -0.2) is 4.98 Å². The third-order valence-electron chi connectivity index (χ3n) is 3.52. The van der Waals surface area contributed by atoms with Gasteiger partial charge in [-0.1, -0.05) is 12.1 Å². The molecule has 0 amide bonds. The highest BCUT2D eigenvalue weighted by atomic mass is 32.1. The normalized spacial score (nSPS) is 15.5. The van der Waals surface area contributed by atoms with E-state index in [9.17, 15) is 10.5 Å². The van der Waals surface area contributed by atoms with E-state index < -0.39 is 5.92 Å². The molecule has 1 unspecified atom stereocenters. The lowest BCUT2D eigenvalue weighted by atomic mass is 9.95. The molecule has 3 N–H and O–H groups in total. The van der Waals surface area contributed by atoms with E-state index in [0.29, 0.717) is 21.9 Å². The Kier molecular flexibility index (Phi) is 3.68. The Morgan fingerprint density at radius 1 is 1.17 bits per heavy atom. The standard InChI is InChI=1S/C16H10N6S/c17-6-9-5-10(7-18)15(20)22-14(9)11(8-19)16-21-12-3-1-2-4-13(12)23-16/h1-4,11,22H,5,20H2. The molecule has 0 aliphatic carbocycles. The van der Waals surface area contributed by atoms with Gasteiger partial charge in [-0.2, -0.15) is 15.8 Å². The number of benzene rings is 1. The van der Waals surface area contributed by atoms with E-state index in [0.717, 1.165) is 10.2 Å². The molecule has 1 atom stereocenters. The Morgan fingerprint density at radius 2 is 1.91 bits per heavy atom. The van der Waals surface area contributed by atoms with E-state index in [2.05, 4.69) is 22.4 Å². The molecule has 110 valence electrons. The molecule has 2 heterocycles. The lowest BCUT2D eigenvalue weighted by Crippen LogP contribution is -2.29. The predicted molar refractivity (Wildman–Crippen MR) is 85.2 cm³/mol. The minimum Gasteiger partial charge on any atom is -0.384 e. The molecule has 0 saturated carbocycles. The van der Waals surface area contributed by atoms with E-state index >= 15 is 0 Å². The highest BCUT2D eigenvalue weighted by Crippen LogP contribution is 2.34. The van der Waals surface area contributed by atoms with Crippen molar-refractivity contribution in [1.82, 2.24) is 10.3 Å². The second-order valence-electron chi connectivity index (χ2n) is 4.89. The molecule has 0 bridgehead atoms. The smallest absolute Gasteiger partial charge is 0.139 e. The van der Waals surface area contributed by atoms with Crippen LogP contribution < -0.4 is 11.1 Å². The number of aromatic nitrogens is 1. The van der Waals surface area contributed by atoms with Gasteiger partial charge >= 0.3 is 0 Å². The first kappa shape index (κ1) is 14.6. The molecule has 3 rings (SSSR count). The lowest BCUT2D eigenvalue weighted by Gasteiger charge is -2.21. The maximum Gasteiger partial charge on any atom is 0.139 e. The molecule has 0 radical (unpaired) electrons. The Balaban J connectivity index is 2.07. The van der Waals surface area contributed by atoms with Crippen molar-refractivity contribution in [2.24, 2.45) is 5.73 Å². The number of allylic oxidation sites excluding steroid dienone is 3. The summed E-state index contributed by atoms with van der Waals surface area (Å²) >= 11 is 1.40. The summed E-state index contributed by atoms with van der Waals surface area (Å²) in [4.78, 5) is 4.48. The van der Waals surface area contributed by atoms with Crippen LogP contribution in [0.4, 0.5) is 0 Å². The van der Waals surface area contributed by atoms with E-state index in [1.807, 2.05) is 30.3 Å². The number of nitrogens with two attached hydrogens (primary N) is 1. The minimum absolute atomic E-state index is 0.129. The molecule has 0 saturated heterocycles. The van der Waals surface area contributed by atoms with Crippen LogP contribution in [0.5, 0.6) is 0 Å². The molecule has 1 aromatic carbocycles. The average molecular weight is 318 g/mol. The third-order valence-corrected chi connectivity index (χ3v) is 4.62. The van der Waals surface area contributed by atoms with Gasteiger partial charge in [-0.05, 0) is 12.1 Å². The molecule has 1 aliphatic heterocycles. The van der Waals surface area contributed by atoms with Gasteiger partial charge in [-0.15, -0.1) is 11.3 Å². The summed E-state index contributed by atoms with van der Waals surface area (Å²) < 4.78 is 0.971. The Bertz CT molecular complexity index is 943. The lowest BCUT2D eigenvalue weighted by molar-refractivity contribution is 0.782. The van der Waals surface area contributed by atoms with Crippen LogP contribution in [0.25, 0.3) is 10.2 Å². The van der Waals surface area contributed by atoms with Gasteiger partial charge < -0.3 is 11.1 Å². The second kappa shape index (κ2) is 5.81. The highest BCUT2D eigenvalue weighted by Gasteiger charge is 2.28. The van der Waals surface area contributed by atoms with Crippen LogP contribution in [0.2, 0.25) is 0 Å². The Labute approximate surface area is 136 Å². The van der Waals surface area contributed by atoms with Crippen LogP contribution in [-0.2, 0) is 0 Å². The van der Waals surface area contributed by atoms with Crippen molar-refractivity contribution in [2.75, 3.05) is 0 Å². The first-order valence-electron chi connectivity index (χ1n) is 6.72. The van der Waals surface area contributed by atoms with Crippen LogP contribution in [0, 0.1) is 34.0 Å². The van der Waals surface area contributed by atoms with E-state index in [4.69, 9.17) is 11.0 Å². The zero-order valence-electron chi connectivity index (χ0n) is 11.9. The molecule has 0 fully saturated rings. The van der Waals surface area contributed by atoms with Gasteiger partial charge in [0.1, 0.15) is 16.7 Å². The summed E-state index contributed by atoms with van der Waals surface area (Å²) in [5.41, 5.74) is 7.67. The largest absolute Gasteiger partial charge is 0.384 e. The van der Waals surface area contributed by atoms with Gasteiger partial charge in [0.05, 0.1) is 45.3 Å². The van der Waals surface area contributed by atoms with E-state index in [1.165, 1.54) is 11.3 Å². The summed E-state index contributed by atoms with van der Waals surface area (Å²) in [6, 6.07) is 13.8. The van der Waals surface area contributed by atoms with Gasteiger partial charge in [0.15, 0.2) is 0 Å². The summed E-state index contributed by atoms with van der Waals surface area (Å²) in [5.74, 6) is -0.538. The number of hydrogen-bond acceptors (Lipinski definition) is 7. The molecule has 7 heteroatoms. The third kappa shape index (κ3) is 2.48. The topological polar surface area (TPSA) is 122 Å². The fraction of sp³-hybridized carbons (Fsp3) is 0.125. The summed E-state index contributed by atoms with van der Waals surface area (Å²) in [5, 5.41) is 31.4. The molecular formula is C16H10N6S. The van der Waals surface area contributed by atoms with Crippen molar-refractivity contribution in [1.29, 1.82) is 15.8 Å². The van der Waals surface area contributed by atoms with Gasteiger partial charge in [0, 0.05) is 6.42 Å². The predicted octanol–water partition coefficient (Wildman–Crippen LogP) is 2.37. The SMILES string of the molecule is N#CC1=C(N)NC(C(C#N)c2nc3ccccc3s2)=C(C#N)C1. The summed E-state index contributed by atoms with van der Waals surface area (Å²) in [6.45, 7) is 0. The number of nitrogens with one attached hydrogen (secondary N) is 1. The summed E-state index contributed by atoms with van der Waals surface area (Å²) in [7, 11) is 0. The minimum atomic E-state index is -0.721. The van der Waals surface area contributed by atoms with Crippen molar-refractivity contribution >= 4 is 21.6 Å². The van der Waals surface area contributed by atoms with E-state index in [-0.39, 0.29) is 12.2 Å². The number of hydrogen-bond donors (Lipinski definition) is 2. The second-order valence-corrected chi connectivity index (χ2v) is 5.95. The van der Waals surface area contributed by atoms with Crippen molar-refractivity contribution < 1.29 is 0 Å². The van der Waals surface area contributed by atoms with Crippen molar-refractivity contribution in [3.63, 3.8) is 0 Å². The average Bonchev–Trinajstić information content (AvgIpc) is 2.99. The van der Waals surface area contributed by atoms with Gasteiger partial charge in [-0.3, -0.25) is 0 Å². The van der Waals surface area contributed by atoms with E-state index in [1.54, 1.807) is 0 Å². The number of rotatable bonds is 2. The molecule has 2 aromatic rings. The number of fused-ring (bicyclic) bond motifs is 1. The maximum atomic E-state index is 9.59. The Morgan fingerprint density at radius 3 is 2.57 bits per heavy atom. The van der Waals surface area contributed by atoms with Crippen LogP contribution in [0.1, 0.15) is 17.3 Å². The summed E-state index contributed by atoms with van der Waals surface area (Å²) in [6.07, 6.45) is 0.129. The molecular weight excluding hydrogens is 308 g/mol. The first-order chi connectivity index (χ1) is 11.2. The van der Waals surface area contributed by atoms with Crippen molar-refractivity contribution in [3.8, 4) is 18.2 Å². The fourth-order valence-corrected chi connectivity index (χ4v) is 3.39. The molecule has 0 spiro atoms. The monoisotopic (exact) mass is 318 g/mol. The number of nitriles is 3. The number of dihydropyridines is 1. The van der Waals surface area contributed by atoms with Crippen LogP contribution >= 0.6 is 11.3 Å². The quantitative estimate of drug-likeness (QED) is 0.876. The van der Waals surface area contributed by atoms with Crippen LogP contribution in [0.15, 0.2) is 46.9 Å². The van der Waals surface area contributed by atoms with Gasteiger partial charge in [0.2, 0.25) is 0 Å². The number of para-hydroxylation sites is 1. The van der Waals surface area contributed by atoms with Crippen LogP contribution in [-0.4, -0.2) is 4.98 Å². The van der Waals surface area contributed by atoms with Gasteiger partial charge in [0.25, 0.3) is 0 Å². The maximum absolute atomic E-state index is 9.59. The number of thiazole rings is 1.